The molecule has 2 amide bonds. The average Bonchev–Trinajstić information content (AvgIpc) is 3.20. The fraction of sp³-hybridized carbons (Fsp3) is 0.353. The fourth-order valence-corrected chi connectivity index (χ4v) is 4.82. The molecule has 0 N–H and O–H groups in total. The standard InChI is InChI=1S/C17H17N3O8S2/c1-4-28-14-12(27-2)6-5-10(18-14)11(8-30(3,25)26)19-15(21)9-7-29-17(20(23)24)13(9)16(19)22/h5-7,11H,4,8H2,1-3H3. The summed E-state index contributed by atoms with van der Waals surface area (Å²) in [4.78, 5) is 41.3. The molecule has 2 aromatic rings. The molecule has 3 heterocycles. The minimum absolute atomic E-state index is 0.0651. The number of ether oxygens (including phenoxy) is 2. The number of sulfone groups is 1. The van der Waals surface area contributed by atoms with Crippen molar-refractivity contribution in [2.24, 2.45) is 0 Å². The molecule has 0 saturated carbocycles. The van der Waals surface area contributed by atoms with Gasteiger partial charge in [0, 0.05) is 11.6 Å². The molecule has 0 saturated heterocycles. The third-order valence-electron chi connectivity index (χ3n) is 4.28. The summed E-state index contributed by atoms with van der Waals surface area (Å²) in [7, 11) is -2.28. The van der Waals surface area contributed by atoms with Crippen LogP contribution in [0, 0.1) is 10.1 Å². The van der Waals surface area contributed by atoms with Crippen LogP contribution >= 0.6 is 11.3 Å². The van der Waals surface area contributed by atoms with Crippen LogP contribution in [-0.4, -0.2) is 60.8 Å². The Labute approximate surface area is 175 Å². The Bertz CT molecular complexity index is 1140. The van der Waals surface area contributed by atoms with Gasteiger partial charge in [-0.3, -0.25) is 24.6 Å². The van der Waals surface area contributed by atoms with Crippen molar-refractivity contribution in [2.75, 3.05) is 25.7 Å². The fourth-order valence-electron chi connectivity index (χ4n) is 3.07. The molecule has 1 atom stereocenters. The molecule has 0 bridgehead atoms. The van der Waals surface area contributed by atoms with E-state index in [-0.39, 0.29) is 35.1 Å². The van der Waals surface area contributed by atoms with Gasteiger partial charge in [0.2, 0.25) is 0 Å². The maximum Gasteiger partial charge on any atom is 0.337 e. The zero-order valence-corrected chi connectivity index (χ0v) is 17.8. The predicted molar refractivity (Wildman–Crippen MR) is 106 cm³/mol. The molecule has 11 nitrogen and oxygen atoms in total. The average molecular weight is 455 g/mol. The molecule has 3 rings (SSSR count). The molecule has 2 aromatic heterocycles. The molecular weight excluding hydrogens is 438 g/mol. The third-order valence-corrected chi connectivity index (χ3v) is 6.13. The SMILES string of the molecule is CCOc1nc(C(CS(C)(=O)=O)N2C(=O)c3csc([N+](=O)[O-])c3C2=O)ccc1OC. The highest BCUT2D eigenvalue weighted by atomic mass is 32.2. The highest BCUT2D eigenvalue weighted by Crippen LogP contribution is 2.40. The van der Waals surface area contributed by atoms with Crippen molar-refractivity contribution in [2.45, 2.75) is 13.0 Å². The van der Waals surface area contributed by atoms with Crippen molar-refractivity contribution in [3.05, 3.63) is 44.4 Å². The van der Waals surface area contributed by atoms with Crippen LogP contribution in [0.5, 0.6) is 11.6 Å². The first-order valence-electron chi connectivity index (χ1n) is 8.58. The number of imide groups is 1. The first kappa shape index (κ1) is 21.6. The lowest BCUT2D eigenvalue weighted by molar-refractivity contribution is -0.380. The molecule has 160 valence electrons. The number of fused-ring (bicyclic) bond motifs is 1. The Morgan fingerprint density at radius 1 is 1.30 bits per heavy atom. The Kier molecular flexibility index (Phi) is 5.76. The van der Waals surface area contributed by atoms with Gasteiger partial charge < -0.3 is 9.47 Å². The maximum atomic E-state index is 13.0. The number of rotatable bonds is 8. The molecule has 1 aliphatic rings. The quantitative estimate of drug-likeness (QED) is 0.330. The summed E-state index contributed by atoms with van der Waals surface area (Å²) in [5.41, 5.74) is -0.399. The minimum Gasteiger partial charge on any atom is -0.491 e. The smallest absolute Gasteiger partial charge is 0.337 e. The van der Waals surface area contributed by atoms with Crippen molar-refractivity contribution < 1.29 is 32.4 Å². The molecule has 0 radical (unpaired) electrons. The summed E-state index contributed by atoms with van der Waals surface area (Å²) in [6.07, 6.45) is 0.954. The Balaban J connectivity index is 2.12. The van der Waals surface area contributed by atoms with Crippen LogP contribution in [0.1, 0.15) is 39.4 Å². The number of pyridine rings is 1. The van der Waals surface area contributed by atoms with Gasteiger partial charge in [-0.1, -0.05) is 11.3 Å². The molecule has 1 aliphatic heterocycles. The normalized spacial score (nSPS) is 14.6. The summed E-state index contributed by atoms with van der Waals surface area (Å²) >= 11 is 0.666. The minimum atomic E-state index is -3.68. The number of amides is 2. The number of thiophene rings is 1. The van der Waals surface area contributed by atoms with Gasteiger partial charge in [-0.25, -0.2) is 13.4 Å². The summed E-state index contributed by atoms with van der Waals surface area (Å²) in [5, 5.41) is 12.0. The largest absolute Gasteiger partial charge is 0.491 e. The monoisotopic (exact) mass is 455 g/mol. The van der Waals surface area contributed by atoms with Gasteiger partial charge >= 0.3 is 5.00 Å². The highest BCUT2D eigenvalue weighted by molar-refractivity contribution is 7.90. The number of nitro groups is 1. The number of carbonyl (C=O) groups excluding carboxylic acids is 2. The molecule has 30 heavy (non-hydrogen) atoms. The Morgan fingerprint density at radius 2 is 2.00 bits per heavy atom. The van der Waals surface area contributed by atoms with E-state index in [9.17, 15) is 28.1 Å². The van der Waals surface area contributed by atoms with E-state index in [1.807, 2.05) is 0 Å². The topological polar surface area (TPSA) is 146 Å². The van der Waals surface area contributed by atoms with E-state index >= 15 is 0 Å². The molecule has 0 fully saturated rings. The van der Waals surface area contributed by atoms with Gasteiger partial charge in [0.15, 0.2) is 5.75 Å². The molecule has 13 heteroatoms. The number of aromatic nitrogens is 1. The molecular formula is C17H17N3O8S2. The zero-order chi connectivity index (χ0) is 22.2. The van der Waals surface area contributed by atoms with Crippen LogP contribution in [0.25, 0.3) is 0 Å². The first-order chi connectivity index (χ1) is 14.1. The number of hydrogen-bond donors (Lipinski definition) is 0. The Morgan fingerprint density at radius 3 is 2.57 bits per heavy atom. The number of methoxy groups -OCH3 is 1. The van der Waals surface area contributed by atoms with Crippen LogP contribution in [0.4, 0.5) is 5.00 Å². The summed E-state index contributed by atoms with van der Waals surface area (Å²) < 4.78 is 34.7. The number of carbonyl (C=O) groups is 2. The zero-order valence-electron chi connectivity index (χ0n) is 16.1. The van der Waals surface area contributed by atoms with Crippen molar-refractivity contribution in [3.8, 4) is 11.6 Å². The van der Waals surface area contributed by atoms with E-state index in [4.69, 9.17) is 9.47 Å². The number of nitrogens with zero attached hydrogens (tertiary/aromatic N) is 3. The van der Waals surface area contributed by atoms with Gasteiger partial charge in [0.25, 0.3) is 17.7 Å². The Hall–Kier alpha value is -3.06. The van der Waals surface area contributed by atoms with Gasteiger partial charge in [-0.2, -0.15) is 0 Å². The van der Waals surface area contributed by atoms with Gasteiger partial charge in [-0.15, -0.1) is 0 Å². The summed E-state index contributed by atoms with van der Waals surface area (Å²) in [6, 6.07) is 1.59. The van der Waals surface area contributed by atoms with Crippen LogP contribution in [0.15, 0.2) is 17.5 Å². The summed E-state index contributed by atoms with van der Waals surface area (Å²) in [5.74, 6) is -2.02. The lowest BCUT2D eigenvalue weighted by Crippen LogP contribution is -2.38. The van der Waals surface area contributed by atoms with Gasteiger partial charge in [-0.05, 0) is 19.1 Å². The van der Waals surface area contributed by atoms with Crippen molar-refractivity contribution in [1.29, 1.82) is 0 Å². The summed E-state index contributed by atoms with van der Waals surface area (Å²) in [6.45, 7) is 1.96. The number of hydrogen-bond acceptors (Lipinski definition) is 10. The van der Waals surface area contributed by atoms with Crippen LogP contribution < -0.4 is 9.47 Å². The maximum absolute atomic E-state index is 13.0. The van der Waals surface area contributed by atoms with E-state index < -0.39 is 43.4 Å². The highest BCUT2D eigenvalue weighted by Gasteiger charge is 2.47. The lowest BCUT2D eigenvalue weighted by atomic mass is 10.1. The second-order valence-electron chi connectivity index (χ2n) is 6.35. The van der Waals surface area contributed by atoms with E-state index in [1.54, 1.807) is 6.92 Å². The van der Waals surface area contributed by atoms with E-state index in [2.05, 4.69) is 4.98 Å². The van der Waals surface area contributed by atoms with Gasteiger partial charge in [0.1, 0.15) is 15.4 Å². The second kappa shape index (κ2) is 7.99. The third kappa shape index (κ3) is 3.85. The van der Waals surface area contributed by atoms with E-state index in [0.717, 1.165) is 6.26 Å². The van der Waals surface area contributed by atoms with Crippen LogP contribution in [0.3, 0.4) is 0 Å². The van der Waals surface area contributed by atoms with Crippen molar-refractivity contribution in [3.63, 3.8) is 0 Å². The lowest BCUT2D eigenvalue weighted by Gasteiger charge is -2.25. The molecule has 1 unspecified atom stereocenters. The van der Waals surface area contributed by atoms with E-state index in [0.29, 0.717) is 16.2 Å². The van der Waals surface area contributed by atoms with E-state index in [1.165, 1.54) is 24.6 Å². The van der Waals surface area contributed by atoms with Gasteiger partial charge in [0.05, 0.1) is 41.7 Å². The predicted octanol–water partition coefficient (Wildman–Crippen LogP) is 1.84. The van der Waals surface area contributed by atoms with Crippen LogP contribution in [-0.2, 0) is 9.84 Å². The second-order valence-corrected chi connectivity index (χ2v) is 9.39. The molecule has 0 aromatic carbocycles. The molecule has 0 spiro atoms. The first-order valence-corrected chi connectivity index (χ1v) is 11.5. The van der Waals surface area contributed by atoms with Crippen molar-refractivity contribution in [1.82, 2.24) is 9.88 Å². The van der Waals surface area contributed by atoms with Crippen molar-refractivity contribution >= 4 is 38.0 Å². The molecule has 0 aliphatic carbocycles. The van der Waals surface area contributed by atoms with Crippen LogP contribution in [0.2, 0.25) is 0 Å².